The Morgan fingerprint density at radius 2 is 1.71 bits per heavy atom. The molecule has 0 aliphatic carbocycles. The first-order chi connectivity index (χ1) is 10.2. The molecule has 1 N–H and O–H groups in total. The topological polar surface area (TPSA) is 62.5 Å². The number of halogens is 1. The van der Waals surface area contributed by atoms with Gasteiger partial charge in [0.05, 0.1) is 11.6 Å². The van der Waals surface area contributed by atoms with E-state index in [1.54, 1.807) is 24.3 Å². The summed E-state index contributed by atoms with van der Waals surface area (Å²) >= 11 is 0. The molecule has 2 aromatic rings. The van der Waals surface area contributed by atoms with Crippen molar-refractivity contribution in [2.24, 2.45) is 0 Å². The number of hydrogen-bond donors (Lipinski definition) is 1. The van der Waals surface area contributed by atoms with Crippen LogP contribution in [0.25, 0.3) is 0 Å². The molecule has 0 aromatic heterocycles. The third-order valence-corrected chi connectivity index (χ3v) is 2.66. The van der Waals surface area contributed by atoms with Crippen molar-refractivity contribution in [3.8, 4) is 17.6 Å². The fourth-order valence-electron chi connectivity index (χ4n) is 1.62. The average Bonchev–Trinajstić information content (AvgIpc) is 2.52. The molecule has 0 amide bonds. The van der Waals surface area contributed by atoms with Crippen LogP contribution in [-0.2, 0) is 0 Å². The SMILES string of the molecule is N#Cc1cccc(OCC(O)COc2ccc(F)cc2)c1. The van der Waals surface area contributed by atoms with E-state index in [4.69, 9.17) is 14.7 Å². The maximum atomic E-state index is 12.7. The molecule has 1 unspecified atom stereocenters. The fourth-order valence-corrected chi connectivity index (χ4v) is 1.62. The van der Waals surface area contributed by atoms with Crippen molar-refractivity contribution in [2.75, 3.05) is 13.2 Å². The number of nitrogens with zero attached hydrogens (tertiary/aromatic N) is 1. The molecule has 0 aliphatic heterocycles. The van der Waals surface area contributed by atoms with Crippen LogP contribution in [0.5, 0.6) is 11.5 Å². The predicted octanol–water partition coefficient (Wildman–Crippen LogP) is 2.52. The summed E-state index contributed by atoms with van der Waals surface area (Å²) in [5.41, 5.74) is 0.490. The van der Waals surface area contributed by atoms with Crippen LogP contribution in [0.15, 0.2) is 48.5 Å². The number of benzene rings is 2. The Bertz CT molecular complexity index is 622. The van der Waals surface area contributed by atoms with Crippen LogP contribution < -0.4 is 9.47 Å². The van der Waals surface area contributed by atoms with E-state index in [1.807, 2.05) is 6.07 Å². The van der Waals surface area contributed by atoms with E-state index >= 15 is 0 Å². The van der Waals surface area contributed by atoms with Crippen LogP contribution in [0.2, 0.25) is 0 Å². The van der Waals surface area contributed by atoms with Crippen molar-refractivity contribution >= 4 is 0 Å². The van der Waals surface area contributed by atoms with Gasteiger partial charge in [-0.1, -0.05) is 6.07 Å². The van der Waals surface area contributed by atoms with Crippen molar-refractivity contribution in [1.82, 2.24) is 0 Å². The van der Waals surface area contributed by atoms with Crippen LogP contribution in [0, 0.1) is 17.1 Å². The molecule has 0 bridgehead atoms. The first-order valence-corrected chi connectivity index (χ1v) is 6.37. The lowest BCUT2D eigenvalue weighted by molar-refractivity contribution is 0.0626. The number of ether oxygens (including phenoxy) is 2. The van der Waals surface area contributed by atoms with Gasteiger partial charge in [-0.25, -0.2) is 4.39 Å². The first kappa shape index (κ1) is 14.8. The second kappa shape index (κ2) is 7.27. The smallest absolute Gasteiger partial charge is 0.123 e. The van der Waals surface area contributed by atoms with E-state index in [0.717, 1.165) is 0 Å². The lowest BCUT2D eigenvalue weighted by Gasteiger charge is -2.13. The number of aliphatic hydroxyl groups is 1. The summed E-state index contributed by atoms with van der Waals surface area (Å²) in [6.07, 6.45) is -0.833. The molecule has 0 fully saturated rings. The zero-order valence-electron chi connectivity index (χ0n) is 11.2. The van der Waals surface area contributed by atoms with Gasteiger partial charge >= 0.3 is 0 Å². The van der Waals surface area contributed by atoms with Crippen molar-refractivity contribution < 1.29 is 19.0 Å². The highest BCUT2D eigenvalue weighted by molar-refractivity contribution is 5.36. The summed E-state index contributed by atoms with van der Waals surface area (Å²) in [7, 11) is 0. The highest BCUT2D eigenvalue weighted by atomic mass is 19.1. The fraction of sp³-hybridized carbons (Fsp3) is 0.188. The Balaban J connectivity index is 1.78. The van der Waals surface area contributed by atoms with E-state index < -0.39 is 6.10 Å². The quantitative estimate of drug-likeness (QED) is 0.886. The molecule has 4 nitrogen and oxygen atoms in total. The zero-order valence-corrected chi connectivity index (χ0v) is 11.2. The Morgan fingerprint density at radius 3 is 2.38 bits per heavy atom. The zero-order chi connectivity index (χ0) is 15.1. The predicted molar refractivity (Wildman–Crippen MR) is 74.6 cm³/mol. The van der Waals surface area contributed by atoms with Crippen LogP contribution in [0.3, 0.4) is 0 Å². The van der Waals surface area contributed by atoms with Gasteiger partial charge in [-0.3, -0.25) is 0 Å². The molecule has 21 heavy (non-hydrogen) atoms. The van der Waals surface area contributed by atoms with E-state index in [2.05, 4.69) is 0 Å². The number of rotatable bonds is 6. The van der Waals surface area contributed by atoms with Crippen molar-refractivity contribution in [3.63, 3.8) is 0 Å². The summed E-state index contributed by atoms with van der Waals surface area (Å²) in [5.74, 6) is 0.639. The number of nitriles is 1. The van der Waals surface area contributed by atoms with Gasteiger partial charge in [0.1, 0.15) is 36.6 Å². The Kier molecular flexibility index (Phi) is 5.13. The molecule has 0 spiro atoms. The minimum absolute atomic E-state index is 0.0313. The molecule has 0 aliphatic rings. The number of hydrogen-bond acceptors (Lipinski definition) is 4. The minimum Gasteiger partial charge on any atom is -0.491 e. The maximum absolute atomic E-state index is 12.7. The van der Waals surface area contributed by atoms with Gasteiger partial charge in [-0.05, 0) is 42.5 Å². The lowest BCUT2D eigenvalue weighted by atomic mass is 10.2. The monoisotopic (exact) mass is 287 g/mol. The molecule has 108 valence electrons. The molecule has 0 saturated heterocycles. The van der Waals surface area contributed by atoms with Crippen LogP contribution in [0.4, 0.5) is 4.39 Å². The van der Waals surface area contributed by atoms with Crippen LogP contribution in [0.1, 0.15) is 5.56 Å². The first-order valence-electron chi connectivity index (χ1n) is 6.37. The highest BCUT2D eigenvalue weighted by Crippen LogP contribution is 2.14. The van der Waals surface area contributed by atoms with E-state index in [-0.39, 0.29) is 19.0 Å². The van der Waals surface area contributed by atoms with Crippen molar-refractivity contribution in [1.29, 1.82) is 5.26 Å². The largest absolute Gasteiger partial charge is 0.491 e. The summed E-state index contributed by atoms with van der Waals surface area (Å²) < 4.78 is 23.4. The normalized spacial score (nSPS) is 11.5. The van der Waals surface area contributed by atoms with E-state index in [0.29, 0.717) is 17.1 Å². The Hall–Kier alpha value is -2.58. The molecular formula is C16H14FNO3. The van der Waals surface area contributed by atoms with E-state index in [9.17, 15) is 9.50 Å². The molecular weight excluding hydrogens is 273 g/mol. The molecule has 2 rings (SSSR count). The van der Waals surface area contributed by atoms with Crippen molar-refractivity contribution in [3.05, 3.63) is 59.9 Å². The Labute approximate surface area is 122 Å². The average molecular weight is 287 g/mol. The Morgan fingerprint density at radius 1 is 1.05 bits per heavy atom. The maximum Gasteiger partial charge on any atom is 0.123 e. The minimum atomic E-state index is -0.833. The molecule has 1 atom stereocenters. The molecule has 0 saturated carbocycles. The number of aliphatic hydroxyl groups excluding tert-OH is 1. The molecule has 2 aromatic carbocycles. The molecule has 0 radical (unpaired) electrons. The van der Waals surface area contributed by atoms with Gasteiger partial charge in [-0.15, -0.1) is 0 Å². The van der Waals surface area contributed by atoms with E-state index in [1.165, 1.54) is 24.3 Å². The third-order valence-electron chi connectivity index (χ3n) is 2.66. The third kappa shape index (κ3) is 4.79. The van der Waals surface area contributed by atoms with Gasteiger partial charge in [-0.2, -0.15) is 5.26 Å². The second-order valence-corrected chi connectivity index (χ2v) is 4.37. The van der Waals surface area contributed by atoms with Crippen molar-refractivity contribution in [2.45, 2.75) is 6.10 Å². The standard InChI is InChI=1S/C16H14FNO3/c17-13-4-6-15(7-5-13)20-10-14(19)11-21-16-3-1-2-12(8-16)9-18/h1-8,14,19H,10-11H2. The molecule has 0 heterocycles. The van der Waals surface area contributed by atoms with Crippen LogP contribution in [-0.4, -0.2) is 24.4 Å². The highest BCUT2D eigenvalue weighted by Gasteiger charge is 2.07. The summed E-state index contributed by atoms with van der Waals surface area (Å²) in [6.45, 7) is 0.0691. The van der Waals surface area contributed by atoms with Gasteiger partial charge in [0.15, 0.2) is 0 Å². The summed E-state index contributed by atoms with van der Waals surface area (Å²) in [6, 6.07) is 14.2. The van der Waals surface area contributed by atoms with Gasteiger partial charge in [0, 0.05) is 0 Å². The van der Waals surface area contributed by atoms with Crippen LogP contribution >= 0.6 is 0 Å². The summed E-state index contributed by atoms with van der Waals surface area (Å²) in [4.78, 5) is 0. The van der Waals surface area contributed by atoms with Gasteiger partial charge in [0.2, 0.25) is 0 Å². The second-order valence-electron chi connectivity index (χ2n) is 4.37. The van der Waals surface area contributed by atoms with Gasteiger partial charge < -0.3 is 14.6 Å². The molecule has 5 heteroatoms. The summed E-state index contributed by atoms with van der Waals surface area (Å²) in [5, 5.41) is 18.5. The lowest BCUT2D eigenvalue weighted by Crippen LogP contribution is -2.25. The van der Waals surface area contributed by atoms with Gasteiger partial charge in [0.25, 0.3) is 0 Å².